The van der Waals surface area contributed by atoms with Crippen molar-refractivity contribution in [1.29, 1.82) is 0 Å². The van der Waals surface area contributed by atoms with E-state index in [1.807, 2.05) is 6.92 Å². The van der Waals surface area contributed by atoms with Crippen molar-refractivity contribution in [1.82, 2.24) is 15.1 Å². The molecule has 1 amide bonds. The van der Waals surface area contributed by atoms with E-state index in [1.54, 1.807) is 0 Å². The van der Waals surface area contributed by atoms with Gasteiger partial charge in [0, 0.05) is 25.2 Å². The van der Waals surface area contributed by atoms with Gasteiger partial charge in [-0.2, -0.15) is 0 Å². The standard InChI is InChI=1S/C14H28N4O/c1-14(13(15)19,16-11-6-7-11)10-18(3)12-5-4-8-17(2)9-12/h11-12,16H,4-10H2,1-3H3,(H2,15,19). The second-order valence-electron chi connectivity index (χ2n) is 6.59. The van der Waals surface area contributed by atoms with Gasteiger partial charge in [-0.3, -0.25) is 15.0 Å². The summed E-state index contributed by atoms with van der Waals surface area (Å²) in [5.41, 5.74) is 5.01. The highest BCUT2D eigenvalue weighted by Crippen LogP contribution is 2.24. The lowest BCUT2D eigenvalue weighted by molar-refractivity contribution is -0.124. The number of carbonyl (C=O) groups is 1. The highest BCUT2D eigenvalue weighted by Gasteiger charge is 2.39. The van der Waals surface area contributed by atoms with Crippen molar-refractivity contribution >= 4 is 5.91 Å². The fourth-order valence-corrected chi connectivity index (χ4v) is 3.00. The summed E-state index contributed by atoms with van der Waals surface area (Å²) >= 11 is 0. The Morgan fingerprint density at radius 1 is 1.47 bits per heavy atom. The number of nitrogens with zero attached hydrogens (tertiary/aromatic N) is 2. The zero-order valence-corrected chi connectivity index (χ0v) is 12.5. The lowest BCUT2D eigenvalue weighted by Crippen LogP contribution is -2.61. The van der Waals surface area contributed by atoms with Crippen LogP contribution in [0.15, 0.2) is 0 Å². The van der Waals surface area contributed by atoms with Crippen molar-refractivity contribution in [3.05, 3.63) is 0 Å². The molecule has 2 fully saturated rings. The molecule has 1 aliphatic heterocycles. The molecule has 1 saturated heterocycles. The quantitative estimate of drug-likeness (QED) is 0.712. The zero-order valence-electron chi connectivity index (χ0n) is 12.5. The number of likely N-dealkylation sites (tertiary alicyclic amines) is 1. The molecule has 110 valence electrons. The molecule has 5 heteroatoms. The maximum Gasteiger partial charge on any atom is 0.238 e. The van der Waals surface area contributed by atoms with Crippen LogP contribution >= 0.6 is 0 Å². The summed E-state index contributed by atoms with van der Waals surface area (Å²) in [7, 11) is 4.27. The number of primary amides is 1. The molecular weight excluding hydrogens is 240 g/mol. The van der Waals surface area contributed by atoms with Crippen molar-refractivity contribution in [2.24, 2.45) is 5.73 Å². The van der Waals surface area contributed by atoms with Gasteiger partial charge in [-0.05, 0) is 53.2 Å². The Kier molecular flexibility index (Phi) is 4.48. The summed E-state index contributed by atoms with van der Waals surface area (Å²) in [5, 5.41) is 3.42. The van der Waals surface area contributed by atoms with E-state index < -0.39 is 5.54 Å². The molecule has 0 aromatic carbocycles. The van der Waals surface area contributed by atoms with Crippen LogP contribution in [0, 0.1) is 0 Å². The van der Waals surface area contributed by atoms with Gasteiger partial charge in [0.2, 0.25) is 5.91 Å². The molecule has 2 atom stereocenters. The van der Waals surface area contributed by atoms with Gasteiger partial charge in [0.25, 0.3) is 0 Å². The summed E-state index contributed by atoms with van der Waals surface area (Å²) in [6.07, 6.45) is 4.77. The van der Waals surface area contributed by atoms with E-state index in [1.165, 1.54) is 32.2 Å². The Morgan fingerprint density at radius 2 is 2.16 bits per heavy atom. The second-order valence-corrected chi connectivity index (χ2v) is 6.59. The molecule has 2 aliphatic rings. The minimum atomic E-state index is -0.605. The molecule has 3 N–H and O–H groups in total. The summed E-state index contributed by atoms with van der Waals surface area (Å²) in [6.45, 7) is 4.89. The van der Waals surface area contributed by atoms with Gasteiger partial charge in [0.05, 0.1) is 0 Å². The zero-order chi connectivity index (χ0) is 14.0. The molecule has 0 radical (unpaired) electrons. The van der Waals surface area contributed by atoms with Gasteiger partial charge in [-0.15, -0.1) is 0 Å². The molecular formula is C14H28N4O. The average Bonchev–Trinajstić information content (AvgIpc) is 3.12. The van der Waals surface area contributed by atoms with E-state index in [0.29, 0.717) is 18.6 Å². The third-order valence-corrected chi connectivity index (χ3v) is 4.43. The highest BCUT2D eigenvalue weighted by atomic mass is 16.1. The fourth-order valence-electron chi connectivity index (χ4n) is 3.00. The Hall–Kier alpha value is -0.650. The molecule has 5 nitrogen and oxygen atoms in total. The Bertz CT molecular complexity index is 331. The van der Waals surface area contributed by atoms with E-state index in [9.17, 15) is 4.79 Å². The number of rotatable bonds is 6. The van der Waals surface area contributed by atoms with E-state index in [0.717, 1.165) is 6.54 Å². The number of amides is 1. The first-order valence-electron chi connectivity index (χ1n) is 7.37. The van der Waals surface area contributed by atoms with E-state index >= 15 is 0 Å². The van der Waals surface area contributed by atoms with Crippen molar-refractivity contribution in [2.75, 3.05) is 33.7 Å². The largest absolute Gasteiger partial charge is 0.368 e. The summed E-state index contributed by atoms with van der Waals surface area (Å²) in [4.78, 5) is 16.5. The summed E-state index contributed by atoms with van der Waals surface area (Å²) in [5.74, 6) is -0.240. The van der Waals surface area contributed by atoms with Gasteiger partial charge in [-0.25, -0.2) is 0 Å². The van der Waals surface area contributed by atoms with Crippen molar-refractivity contribution in [3.8, 4) is 0 Å². The lowest BCUT2D eigenvalue weighted by Gasteiger charge is -2.40. The minimum Gasteiger partial charge on any atom is -0.368 e. The van der Waals surface area contributed by atoms with Gasteiger partial charge in [0.15, 0.2) is 0 Å². The normalized spacial score (nSPS) is 28.3. The summed E-state index contributed by atoms with van der Waals surface area (Å²) < 4.78 is 0. The number of nitrogens with two attached hydrogens (primary N) is 1. The number of nitrogens with one attached hydrogen (secondary N) is 1. The minimum absolute atomic E-state index is 0.240. The molecule has 19 heavy (non-hydrogen) atoms. The van der Waals surface area contributed by atoms with Crippen LogP contribution in [0.3, 0.4) is 0 Å². The molecule has 0 aromatic heterocycles. The van der Waals surface area contributed by atoms with Gasteiger partial charge < -0.3 is 10.6 Å². The third kappa shape index (κ3) is 3.91. The number of hydrogen-bond donors (Lipinski definition) is 2. The molecule has 1 aliphatic carbocycles. The first-order chi connectivity index (χ1) is 8.90. The van der Waals surface area contributed by atoms with Crippen LogP contribution in [0.5, 0.6) is 0 Å². The fraction of sp³-hybridized carbons (Fsp3) is 0.929. The number of hydrogen-bond acceptors (Lipinski definition) is 4. The maximum atomic E-state index is 11.8. The molecule has 1 saturated carbocycles. The van der Waals surface area contributed by atoms with E-state index in [-0.39, 0.29) is 5.91 Å². The van der Waals surface area contributed by atoms with E-state index in [2.05, 4.69) is 29.2 Å². The second kappa shape index (κ2) is 5.77. The Morgan fingerprint density at radius 3 is 2.68 bits per heavy atom. The maximum absolute atomic E-state index is 11.8. The SMILES string of the molecule is CN1CCCC(N(C)CC(C)(NC2CC2)C(N)=O)C1. The third-order valence-electron chi connectivity index (χ3n) is 4.43. The monoisotopic (exact) mass is 268 g/mol. The number of carbonyl (C=O) groups excluding carboxylic acids is 1. The molecule has 0 aromatic rings. The smallest absolute Gasteiger partial charge is 0.238 e. The van der Waals surface area contributed by atoms with Gasteiger partial charge >= 0.3 is 0 Å². The van der Waals surface area contributed by atoms with Crippen molar-refractivity contribution < 1.29 is 4.79 Å². The van der Waals surface area contributed by atoms with Crippen LogP contribution in [0.1, 0.15) is 32.6 Å². The first-order valence-corrected chi connectivity index (χ1v) is 7.37. The first kappa shape index (κ1) is 14.8. The van der Waals surface area contributed by atoms with Gasteiger partial charge in [-0.1, -0.05) is 0 Å². The number of likely N-dealkylation sites (N-methyl/N-ethyl adjacent to an activating group) is 2. The topological polar surface area (TPSA) is 61.6 Å². The molecule has 1 heterocycles. The molecule has 0 spiro atoms. The predicted molar refractivity (Wildman–Crippen MR) is 76.9 cm³/mol. The molecule has 0 bridgehead atoms. The highest BCUT2D eigenvalue weighted by molar-refractivity contribution is 5.84. The predicted octanol–water partition coefficient (Wildman–Crippen LogP) is 0.00840. The molecule has 2 rings (SSSR count). The Labute approximate surface area is 116 Å². The van der Waals surface area contributed by atoms with Crippen LogP contribution in [0.4, 0.5) is 0 Å². The lowest BCUT2D eigenvalue weighted by atomic mass is 9.97. The van der Waals surface area contributed by atoms with Crippen LogP contribution in [0.2, 0.25) is 0 Å². The molecule has 2 unspecified atom stereocenters. The number of piperidine rings is 1. The van der Waals surface area contributed by atoms with Crippen molar-refractivity contribution in [2.45, 2.75) is 50.2 Å². The van der Waals surface area contributed by atoms with Crippen LogP contribution < -0.4 is 11.1 Å². The van der Waals surface area contributed by atoms with Crippen LogP contribution in [-0.2, 0) is 4.79 Å². The van der Waals surface area contributed by atoms with Gasteiger partial charge in [0.1, 0.15) is 5.54 Å². The Balaban J connectivity index is 1.93. The summed E-state index contributed by atoms with van der Waals surface area (Å²) in [6, 6.07) is 1.01. The average molecular weight is 268 g/mol. The van der Waals surface area contributed by atoms with E-state index in [4.69, 9.17) is 5.73 Å². The van der Waals surface area contributed by atoms with Crippen LogP contribution in [-0.4, -0.2) is 67.1 Å². The van der Waals surface area contributed by atoms with Crippen LogP contribution in [0.25, 0.3) is 0 Å². The van der Waals surface area contributed by atoms with Crippen molar-refractivity contribution in [3.63, 3.8) is 0 Å².